The average molecular weight is 413 g/mol. The summed E-state index contributed by atoms with van der Waals surface area (Å²) in [6.07, 6.45) is 0. The maximum atomic E-state index is 12.4. The van der Waals surface area contributed by atoms with Crippen molar-refractivity contribution in [1.82, 2.24) is 0 Å². The van der Waals surface area contributed by atoms with Crippen LogP contribution >= 0.6 is 31.9 Å². The molecule has 110 valence electrons. The fourth-order valence-corrected chi connectivity index (χ4v) is 3.24. The number of nitrogens with zero attached hydrogens (tertiary/aromatic N) is 1. The van der Waals surface area contributed by atoms with Gasteiger partial charge < -0.3 is 16.0 Å². The summed E-state index contributed by atoms with van der Waals surface area (Å²) < 4.78 is 1.46. The SMILES string of the molecule is CN(C)c1cccc(C(=O)Nc2c(Br)cc(N)cc2Br)c1. The van der Waals surface area contributed by atoms with Gasteiger partial charge in [-0.25, -0.2) is 0 Å². The second-order valence-corrected chi connectivity index (χ2v) is 6.47. The number of hydrogen-bond acceptors (Lipinski definition) is 3. The number of halogens is 2. The van der Waals surface area contributed by atoms with E-state index in [0.717, 1.165) is 14.6 Å². The van der Waals surface area contributed by atoms with Gasteiger partial charge in [-0.15, -0.1) is 0 Å². The zero-order chi connectivity index (χ0) is 15.6. The van der Waals surface area contributed by atoms with Crippen molar-refractivity contribution < 1.29 is 4.79 Å². The zero-order valence-corrected chi connectivity index (χ0v) is 14.8. The molecule has 1 amide bonds. The second kappa shape index (κ2) is 6.49. The number of rotatable bonds is 3. The number of carbonyl (C=O) groups is 1. The van der Waals surface area contributed by atoms with Gasteiger partial charge in [0.05, 0.1) is 5.69 Å². The van der Waals surface area contributed by atoms with Crippen LogP contribution in [-0.4, -0.2) is 20.0 Å². The van der Waals surface area contributed by atoms with Crippen molar-refractivity contribution in [2.24, 2.45) is 0 Å². The van der Waals surface area contributed by atoms with E-state index in [-0.39, 0.29) is 5.91 Å². The van der Waals surface area contributed by atoms with Gasteiger partial charge in [0, 0.05) is 40.0 Å². The lowest BCUT2D eigenvalue weighted by Gasteiger charge is -2.14. The van der Waals surface area contributed by atoms with E-state index in [2.05, 4.69) is 37.2 Å². The van der Waals surface area contributed by atoms with E-state index in [4.69, 9.17) is 5.73 Å². The van der Waals surface area contributed by atoms with Gasteiger partial charge in [0.15, 0.2) is 0 Å². The second-order valence-electron chi connectivity index (χ2n) is 4.76. The highest BCUT2D eigenvalue weighted by molar-refractivity contribution is 9.11. The minimum Gasteiger partial charge on any atom is -0.399 e. The summed E-state index contributed by atoms with van der Waals surface area (Å²) in [7, 11) is 3.87. The standard InChI is InChI=1S/C15H15Br2N3O/c1-20(2)11-5-3-4-9(6-11)15(21)19-14-12(16)7-10(18)8-13(14)17/h3-8H,18H2,1-2H3,(H,19,21). The van der Waals surface area contributed by atoms with Gasteiger partial charge in [0.2, 0.25) is 0 Å². The van der Waals surface area contributed by atoms with Crippen molar-refractivity contribution in [3.8, 4) is 0 Å². The molecule has 0 radical (unpaired) electrons. The fourth-order valence-electron chi connectivity index (χ4n) is 1.82. The first kappa shape index (κ1) is 15.9. The molecule has 0 atom stereocenters. The van der Waals surface area contributed by atoms with Crippen LogP contribution in [-0.2, 0) is 0 Å². The van der Waals surface area contributed by atoms with Crippen LogP contribution in [0, 0.1) is 0 Å². The Morgan fingerprint density at radius 2 is 1.76 bits per heavy atom. The Balaban J connectivity index is 2.28. The number of nitrogens with two attached hydrogens (primary N) is 1. The fraction of sp³-hybridized carbons (Fsp3) is 0.133. The Hall–Kier alpha value is -1.53. The van der Waals surface area contributed by atoms with Crippen LogP contribution in [0.15, 0.2) is 45.3 Å². The first-order valence-corrected chi connectivity index (χ1v) is 7.80. The van der Waals surface area contributed by atoms with E-state index in [1.807, 2.05) is 37.2 Å². The molecule has 4 nitrogen and oxygen atoms in total. The lowest BCUT2D eigenvalue weighted by atomic mass is 10.1. The minimum atomic E-state index is -0.176. The molecular formula is C15H15Br2N3O. The molecule has 2 aromatic carbocycles. The van der Waals surface area contributed by atoms with Crippen molar-refractivity contribution >= 4 is 54.8 Å². The Labute approximate surface area is 140 Å². The molecule has 0 aromatic heterocycles. The highest BCUT2D eigenvalue weighted by Gasteiger charge is 2.12. The molecule has 0 saturated carbocycles. The third kappa shape index (κ3) is 3.77. The predicted molar refractivity (Wildman–Crippen MR) is 95.0 cm³/mol. The van der Waals surface area contributed by atoms with E-state index < -0.39 is 0 Å². The molecule has 0 aliphatic carbocycles. The van der Waals surface area contributed by atoms with E-state index in [1.165, 1.54) is 0 Å². The summed E-state index contributed by atoms with van der Waals surface area (Å²) in [4.78, 5) is 14.3. The molecule has 3 N–H and O–H groups in total. The monoisotopic (exact) mass is 411 g/mol. The molecule has 2 aromatic rings. The van der Waals surface area contributed by atoms with Crippen molar-refractivity contribution in [2.45, 2.75) is 0 Å². The highest BCUT2D eigenvalue weighted by atomic mass is 79.9. The number of nitrogen functional groups attached to an aromatic ring is 1. The first-order chi connectivity index (χ1) is 9.88. The topological polar surface area (TPSA) is 58.4 Å². The Morgan fingerprint density at radius 3 is 2.33 bits per heavy atom. The first-order valence-electron chi connectivity index (χ1n) is 6.21. The summed E-state index contributed by atoms with van der Waals surface area (Å²) in [5, 5.41) is 2.88. The van der Waals surface area contributed by atoms with E-state index in [9.17, 15) is 4.79 Å². The summed E-state index contributed by atoms with van der Waals surface area (Å²) in [5.41, 5.74) is 8.58. The van der Waals surface area contributed by atoms with Crippen molar-refractivity contribution in [3.63, 3.8) is 0 Å². The van der Waals surface area contributed by atoms with Crippen LogP contribution in [0.3, 0.4) is 0 Å². The van der Waals surface area contributed by atoms with E-state index in [0.29, 0.717) is 16.9 Å². The molecule has 0 aliphatic rings. The number of anilines is 3. The number of amides is 1. The number of nitrogens with one attached hydrogen (secondary N) is 1. The van der Waals surface area contributed by atoms with E-state index in [1.54, 1.807) is 18.2 Å². The van der Waals surface area contributed by atoms with Gasteiger partial charge in [-0.05, 0) is 62.2 Å². The van der Waals surface area contributed by atoms with Gasteiger partial charge in [0.1, 0.15) is 0 Å². The third-order valence-electron chi connectivity index (χ3n) is 2.93. The Kier molecular flexibility index (Phi) is 4.90. The molecule has 21 heavy (non-hydrogen) atoms. The molecule has 6 heteroatoms. The van der Waals surface area contributed by atoms with Crippen molar-refractivity contribution in [3.05, 3.63) is 50.9 Å². The van der Waals surface area contributed by atoms with Crippen LogP contribution in [0.4, 0.5) is 17.1 Å². The maximum absolute atomic E-state index is 12.4. The smallest absolute Gasteiger partial charge is 0.255 e. The van der Waals surface area contributed by atoms with E-state index >= 15 is 0 Å². The quantitative estimate of drug-likeness (QED) is 0.745. The minimum absolute atomic E-state index is 0.176. The van der Waals surface area contributed by atoms with Gasteiger partial charge in [0.25, 0.3) is 5.91 Å². The van der Waals surface area contributed by atoms with Crippen LogP contribution in [0.1, 0.15) is 10.4 Å². The van der Waals surface area contributed by atoms with Crippen molar-refractivity contribution in [2.75, 3.05) is 30.0 Å². The number of hydrogen-bond donors (Lipinski definition) is 2. The lowest BCUT2D eigenvalue weighted by molar-refractivity contribution is 0.102. The molecular weight excluding hydrogens is 398 g/mol. The Bertz CT molecular complexity index is 663. The van der Waals surface area contributed by atoms with Crippen LogP contribution < -0.4 is 16.0 Å². The lowest BCUT2D eigenvalue weighted by Crippen LogP contribution is -2.15. The van der Waals surface area contributed by atoms with Crippen molar-refractivity contribution in [1.29, 1.82) is 0 Å². The number of carbonyl (C=O) groups excluding carboxylic acids is 1. The highest BCUT2D eigenvalue weighted by Crippen LogP contribution is 2.33. The normalized spacial score (nSPS) is 10.3. The molecule has 0 aliphatic heterocycles. The summed E-state index contributed by atoms with van der Waals surface area (Å²) in [6, 6.07) is 10.9. The van der Waals surface area contributed by atoms with Gasteiger partial charge >= 0.3 is 0 Å². The van der Waals surface area contributed by atoms with Gasteiger partial charge in [-0.2, -0.15) is 0 Å². The summed E-state index contributed by atoms with van der Waals surface area (Å²) in [6.45, 7) is 0. The zero-order valence-electron chi connectivity index (χ0n) is 11.7. The molecule has 0 bridgehead atoms. The molecule has 0 saturated heterocycles. The summed E-state index contributed by atoms with van der Waals surface area (Å²) in [5.74, 6) is -0.176. The average Bonchev–Trinajstić information content (AvgIpc) is 2.42. The summed E-state index contributed by atoms with van der Waals surface area (Å²) >= 11 is 6.81. The predicted octanol–water partition coefficient (Wildman–Crippen LogP) is 4.11. The van der Waals surface area contributed by atoms with Gasteiger partial charge in [-0.3, -0.25) is 4.79 Å². The molecule has 0 spiro atoms. The molecule has 0 heterocycles. The number of benzene rings is 2. The molecule has 0 unspecified atom stereocenters. The third-order valence-corrected chi connectivity index (χ3v) is 4.18. The molecule has 2 rings (SSSR count). The largest absolute Gasteiger partial charge is 0.399 e. The van der Waals surface area contributed by atoms with Crippen LogP contribution in [0.5, 0.6) is 0 Å². The molecule has 0 fully saturated rings. The Morgan fingerprint density at radius 1 is 1.14 bits per heavy atom. The van der Waals surface area contributed by atoms with Crippen LogP contribution in [0.2, 0.25) is 0 Å². The maximum Gasteiger partial charge on any atom is 0.255 e. The van der Waals surface area contributed by atoms with Gasteiger partial charge in [-0.1, -0.05) is 6.07 Å². The van der Waals surface area contributed by atoms with Crippen LogP contribution in [0.25, 0.3) is 0 Å².